The van der Waals surface area contributed by atoms with Crippen molar-refractivity contribution < 1.29 is 14.7 Å². The molecule has 0 spiro atoms. The van der Waals surface area contributed by atoms with E-state index < -0.39 is 12.1 Å². The van der Waals surface area contributed by atoms with Gasteiger partial charge in [0.15, 0.2) is 5.69 Å². The van der Waals surface area contributed by atoms with Gasteiger partial charge >= 0.3 is 6.09 Å². The van der Waals surface area contributed by atoms with Crippen LogP contribution < -0.4 is 10.6 Å². The molecule has 0 aliphatic carbocycles. The highest BCUT2D eigenvalue weighted by atomic mass is 16.4. The first-order valence-electron chi connectivity index (χ1n) is 13.5. The number of nitrogens with one attached hydrogen (secondary N) is 3. The number of carboxylic acid groups (broad SMARTS) is 1. The molecule has 0 unspecified atom stereocenters. The average Bonchev–Trinajstić information content (AvgIpc) is 3.57. The van der Waals surface area contributed by atoms with Crippen LogP contribution in [-0.2, 0) is 12.1 Å². The highest BCUT2D eigenvalue weighted by Gasteiger charge is 2.28. The fourth-order valence-corrected chi connectivity index (χ4v) is 4.75. The van der Waals surface area contributed by atoms with Crippen LogP contribution in [0.3, 0.4) is 0 Å². The van der Waals surface area contributed by atoms with Crippen LogP contribution in [0, 0.1) is 0 Å². The number of carbonyl (C=O) groups excluding carboxylic acids is 1. The molecule has 13 nitrogen and oxygen atoms in total. The number of hydrogen-bond acceptors (Lipinski definition) is 8. The molecule has 3 aromatic heterocycles. The van der Waals surface area contributed by atoms with Gasteiger partial charge in [-0.3, -0.25) is 9.89 Å². The van der Waals surface area contributed by atoms with Gasteiger partial charge < -0.3 is 20.6 Å². The quantitative estimate of drug-likeness (QED) is 0.267. The summed E-state index contributed by atoms with van der Waals surface area (Å²) in [7, 11) is 0. The Hall–Kier alpha value is -4.81. The maximum absolute atomic E-state index is 13.1. The number of nitrogens with zero attached hydrogens (tertiary/aromatic N) is 7. The van der Waals surface area contributed by atoms with Crippen molar-refractivity contribution >= 4 is 23.6 Å². The van der Waals surface area contributed by atoms with Crippen molar-refractivity contribution in [2.45, 2.75) is 65.1 Å². The van der Waals surface area contributed by atoms with E-state index in [9.17, 15) is 14.7 Å². The number of anilines is 2. The summed E-state index contributed by atoms with van der Waals surface area (Å²) in [5, 5.41) is 31.4. The lowest BCUT2D eigenvalue weighted by Crippen LogP contribution is -2.32. The number of benzene rings is 1. The average molecular weight is 559 g/mol. The molecule has 5 rings (SSSR count). The summed E-state index contributed by atoms with van der Waals surface area (Å²) in [6.45, 7) is 10.5. The molecule has 0 bridgehead atoms. The molecular formula is C28H34N10O3. The summed E-state index contributed by atoms with van der Waals surface area (Å²) in [6.07, 6.45) is 4.46. The molecule has 0 saturated heterocycles. The maximum Gasteiger partial charge on any atom is 0.407 e. The fraction of sp³-hybridized carbons (Fsp3) is 0.393. The molecule has 1 aromatic carbocycles. The van der Waals surface area contributed by atoms with Gasteiger partial charge in [0.25, 0.3) is 5.91 Å². The van der Waals surface area contributed by atoms with E-state index in [2.05, 4.69) is 50.0 Å². The van der Waals surface area contributed by atoms with Gasteiger partial charge in [-0.2, -0.15) is 5.10 Å². The van der Waals surface area contributed by atoms with E-state index in [1.807, 2.05) is 39.0 Å². The molecule has 4 aromatic rings. The molecule has 1 aliphatic rings. The minimum Gasteiger partial charge on any atom is -0.465 e. The van der Waals surface area contributed by atoms with Crippen LogP contribution in [-0.4, -0.2) is 63.7 Å². The van der Waals surface area contributed by atoms with E-state index in [-0.39, 0.29) is 36.1 Å². The number of amides is 2. The van der Waals surface area contributed by atoms with E-state index in [4.69, 9.17) is 4.98 Å². The molecule has 1 atom stereocenters. The molecule has 0 radical (unpaired) electrons. The first-order chi connectivity index (χ1) is 19.5. The van der Waals surface area contributed by atoms with Crippen molar-refractivity contribution in [2.75, 3.05) is 11.9 Å². The normalized spacial score (nSPS) is 15.4. The van der Waals surface area contributed by atoms with Crippen LogP contribution >= 0.6 is 0 Å². The second-order valence-corrected chi connectivity index (χ2v) is 11.4. The summed E-state index contributed by atoms with van der Waals surface area (Å²) in [5.41, 5.74) is 4.68. The molecule has 2 amide bonds. The zero-order valence-electron chi connectivity index (χ0n) is 23.7. The predicted octanol–water partition coefficient (Wildman–Crippen LogP) is 4.44. The van der Waals surface area contributed by atoms with Crippen molar-refractivity contribution in [3.05, 3.63) is 65.4 Å². The van der Waals surface area contributed by atoms with E-state index in [1.165, 1.54) is 4.90 Å². The Labute approximate surface area is 237 Å². The lowest BCUT2D eigenvalue weighted by atomic mass is 9.96. The third-order valence-corrected chi connectivity index (χ3v) is 6.97. The standard InChI is InChI=1S/C28H34N10O3/c1-16(2)24-22(13-30-35-24)33-26-29-10-8-20(32-26)17-6-7-19-18(12-17)14-37(27(40)41)11-9-21(19)31-25(39)23-15-38(36-34-23)28(3,4)5/h6-8,10,12-13,15-16,21H,9,11,14H2,1-5H3,(H,30,35)(H,31,39)(H,40,41)(H,29,32,33)/t21-/m1/s1. The molecule has 0 saturated carbocycles. The number of rotatable bonds is 6. The largest absolute Gasteiger partial charge is 0.465 e. The summed E-state index contributed by atoms with van der Waals surface area (Å²) in [5.74, 6) is 0.268. The van der Waals surface area contributed by atoms with Gasteiger partial charge in [0.2, 0.25) is 5.95 Å². The van der Waals surface area contributed by atoms with E-state index in [0.717, 1.165) is 28.1 Å². The predicted molar refractivity (Wildman–Crippen MR) is 152 cm³/mol. The van der Waals surface area contributed by atoms with Gasteiger partial charge in [-0.1, -0.05) is 31.2 Å². The number of hydrogen-bond donors (Lipinski definition) is 4. The zero-order chi connectivity index (χ0) is 29.3. The summed E-state index contributed by atoms with van der Waals surface area (Å²) < 4.78 is 1.64. The monoisotopic (exact) mass is 558 g/mol. The Morgan fingerprint density at radius 3 is 2.71 bits per heavy atom. The maximum atomic E-state index is 13.1. The smallest absolute Gasteiger partial charge is 0.407 e. The van der Waals surface area contributed by atoms with Crippen molar-refractivity contribution in [2.24, 2.45) is 0 Å². The molecule has 4 heterocycles. The van der Waals surface area contributed by atoms with E-state index in [1.54, 1.807) is 29.3 Å². The van der Waals surface area contributed by atoms with Gasteiger partial charge in [-0.25, -0.2) is 19.4 Å². The highest BCUT2D eigenvalue weighted by Crippen LogP contribution is 2.31. The number of carbonyl (C=O) groups is 2. The molecule has 41 heavy (non-hydrogen) atoms. The van der Waals surface area contributed by atoms with Crippen LogP contribution in [0.25, 0.3) is 11.3 Å². The lowest BCUT2D eigenvalue weighted by molar-refractivity contribution is 0.0928. The summed E-state index contributed by atoms with van der Waals surface area (Å²) in [6, 6.07) is 7.17. The molecule has 1 aliphatic heterocycles. The number of H-pyrrole nitrogens is 1. The fourth-order valence-electron chi connectivity index (χ4n) is 4.75. The van der Waals surface area contributed by atoms with Gasteiger partial charge in [0.1, 0.15) is 0 Å². The second-order valence-electron chi connectivity index (χ2n) is 11.4. The minimum absolute atomic E-state index is 0.189. The molecule has 13 heteroatoms. The van der Waals surface area contributed by atoms with Crippen molar-refractivity contribution in [3.8, 4) is 11.3 Å². The van der Waals surface area contributed by atoms with E-state index >= 15 is 0 Å². The van der Waals surface area contributed by atoms with Gasteiger partial charge in [-0.15, -0.1) is 5.10 Å². The summed E-state index contributed by atoms with van der Waals surface area (Å²) in [4.78, 5) is 35.5. The van der Waals surface area contributed by atoms with Crippen LogP contribution in [0.1, 0.15) is 80.3 Å². The van der Waals surface area contributed by atoms with E-state index in [0.29, 0.717) is 18.1 Å². The third kappa shape index (κ3) is 6.03. The highest BCUT2D eigenvalue weighted by molar-refractivity contribution is 5.92. The number of aromatic nitrogens is 7. The zero-order valence-corrected chi connectivity index (χ0v) is 23.7. The minimum atomic E-state index is -1.02. The van der Waals surface area contributed by atoms with Crippen molar-refractivity contribution in [3.63, 3.8) is 0 Å². The van der Waals surface area contributed by atoms with Gasteiger partial charge in [-0.05, 0) is 56.4 Å². The Bertz CT molecular complexity index is 1570. The molecule has 0 fully saturated rings. The molecule has 214 valence electrons. The van der Waals surface area contributed by atoms with Crippen molar-refractivity contribution in [1.29, 1.82) is 0 Å². The Morgan fingerprint density at radius 2 is 2.00 bits per heavy atom. The Kier molecular flexibility index (Phi) is 7.43. The van der Waals surface area contributed by atoms with Crippen LogP contribution in [0.5, 0.6) is 0 Å². The first-order valence-corrected chi connectivity index (χ1v) is 13.5. The van der Waals surface area contributed by atoms with Gasteiger partial charge in [0.05, 0.1) is 34.9 Å². The topological polar surface area (TPSA) is 167 Å². The molecular weight excluding hydrogens is 524 g/mol. The number of fused-ring (bicyclic) bond motifs is 1. The SMILES string of the molecule is CC(C)c1n[nH]cc1Nc1nccc(-c2ccc3c(c2)CN(C(=O)O)CC[C@H]3NC(=O)c2cn(C(C)(C)C)nn2)n1. The third-order valence-electron chi connectivity index (χ3n) is 6.97. The first kappa shape index (κ1) is 27.7. The van der Waals surface area contributed by atoms with Crippen molar-refractivity contribution in [1.82, 2.24) is 45.4 Å². The Morgan fingerprint density at radius 1 is 1.20 bits per heavy atom. The summed E-state index contributed by atoms with van der Waals surface area (Å²) >= 11 is 0. The number of aromatic amines is 1. The Balaban J connectivity index is 1.43. The second kappa shape index (κ2) is 11.0. The van der Waals surface area contributed by atoms with Crippen LogP contribution in [0.2, 0.25) is 0 Å². The van der Waals surface area contributed by atoms with Crippen LogP contribution in [0.15, 0.2) is 42.9 Å². The molecule has 4 N–H and O–H groups in total. The van der Waals surface area contributed by atoms with Crippen LogP contribution in [0.4, 0.5) is 16.4 Å². The van der Waals surface area contributed by atoms with Gasteiger partial charge in [0, 0.05) is 31.0 Å². The lowest BCUT2D eigenvalue weighted by Gasteiger charge is -2.19.